The van der Waals surface area contributed by atoms with Crippen LogP contribution in [0.2, 0.25) is 0 Å². The lowest BCUT2D eigenvalue weighted by Gasteiger charge is -2.24. The number of ether oxygens (including phenoxy) is 2. The fourth-order valence-corrected chi connectivity index (χ4v) is 4.37. The molecule has 0 radical (unpaired) electrons. The van der Waals surface area contributed by atoms with Crippen LogP contribution in [0.4, 0.5) is 5.69 Å². The number of rotatable bonds is 10. The van der Waals surface area contributed by atoms with E-state index in [0.29, 0.717) is 23.6 Å². The summed E-state index contributed by atoms with van der Waals surface area (Å²) in [6.45, 7) is 5.93. The van der Waals surface area contributed by atoms with Gasteiger partial charge in [-0.1, -0.05) is 18.2 Å². The fourth-order valence-electron chi connectivity index (χ4n) is 3.36. The van der Waals surface area contributed by atoms with E-state index in [0.717, 1.165) is 16.7 Å². The van der Waals surface area contributed by atoms with Crippen molar-refractivity contribution >= 4 is 21.6 Å². The highest BCUT2D eigenvalue weighted by Crippen LogP contribution is 2.30. The van der Waals surface area contributed by atoms with Crippen LogP contribution in [-0.2, 0) is 14.8 Å². The summed E-state index contributed by atoms with van der Waals surface area (Å²) in [5.41, 5.74) is 3.40. The van der Waals surface area contributed by atoms with Crippen molar-refractivity contribution in [3.8, 4) is 11.5 Å². The van der Waals surface area contributed by atoms with Gasteiger partial charge in [0, 0.05) is 13.0 Å². The Kier molecular flexibility index (Phi) is 8.33. The summed E-state index contributed by atoms with van der Waals surface area (Å²) in [6, 6.07) is 11.0. The molecule has 0 saturated carbocycles. The lowest BCUT2D eigenvalue weighted by Crippen LogP contribution is -2.33. The van der Waals surface area contributed by atoms with Crippen LogP contribution in [0.1, 0.15) is 42.5 Å². The SMILES string of the molecule is COc1ccc([C@H](C)NC(=O)CCCN(c2cc(C)ccc2C)S(C)(=O)=O)cc1OC. The van der Waals surface area contributed by atoms with E-state index in [-0.39, 0.29) is 24.9 Å². The second kappa shape index (κ2) is 10.5. The maximum atomic E-state index is 12.5. The van der Waals surface area contributed by atoms with E-state index in [9.17, 15) is 13.2 Å². The highest BCUT2D eigenvalue weighted by molar-refractivity contribution is 7.92. The average Bonchev–Trinajstić information content (AvgIpc) is 2.71. The summed E-state index contributed by atoms with van der Waals surface area (Å²) in [6.07, 6.45) is 1.81. The standard InChI is InChI=1S/C23H32N2O5S/c1-16-9-10-17(2)20(14-16)25(31(6,27)28)13-7-8-23(26)24-18(3)19-11-12-21(29-4)22(15-19)30-5/h9-12,14-15,18H,7-8,13H2,1-6H3,(H,24,26)/t18-/m0/s1. The van der Waals surface area contributed by atoms with E-state index in [4.69, 9.17) is 9.47 Å². The van der Waals surface area contributed by atoms with Gasteiger partial charge in [-0.3, -0.25) is 9.10 Å². The summed E-state index contributed by atoms with van der Waals surface area (Å²) in [5, 5.41) is 2.95. The zero-order valence-electron chi connectivity index (χ0n) is 19.1. The van der Waals surface area contributed by atoms with E-state index in [2.05, 4.69) is 5.32 Å². The summed E-state index contributed by atoms with van der Waals surface area (Å²) < 4.78 is 36.6. The molecule has 1 atom stereocenters. The van der Waals surface area contributed by atoms with Gasteiger partial charge in [0.2, 0.25) is 15.9 Å². The van der Waals surface area contributed by atoms with Gasteiger partial charge in [-0.25, -0.2) is 8.42 Å². The summed E-state index contributed by atoms with van der Waals surface area (Å²) >= 11 is 0. The van der Waals surface area contributed by atoms with Crippen molar-refractivity contribution < 1.29 is 22.7 Å². The Morgan fingerprint density at radius 2 is 1.74 bits per heavy atom. The lowest BCUT2D eigenvalue weighted by atomic mass is 10.1. The largest absolute Gasteiger partial charge is 0.493 e. The molecule has 0 aliphatic rings. The molecule has 7 nitrogen and oxygen atoms in total. The number of carbonyl (C=O) groups is 1. The molecule has 0 saturated heterocycles. The Morgan fingerprint density at radius 3 is 2.35 bits per heavy atom. The van der Waals surface area contributed by atoms with Crippen LogP contribution in [0, 0.1) is 13.8 Å². The Hall–Kier alpha value is -2.74. The molecule has 0 bridgehead atoms. The van der Waals surface area contributed by atoms with Crippen LogP contribution >= 0.6 is 0 Å². The molecule has 0 aliphatic carbocycles. The van der Waals surface area contributed by atoms with Gasteiger partial charge in [0.05, 0.1) is 32.2 Å². The number of sulfonamides is 1. The van der Waals surface area contributed by atoms with Gasteiger partial charge in [-0.05, 0) is 62.1 Å². The molecular formula is C23H32N2O5S. The van der Waals surface area contributed by atoms with Gasteiger partial charge >= 0.3 is 0 Å². The first-order chi connectivity index (χ1) is 14.6. The van der Waals surface area contributed by atoms with Gasteiger partial charge in [0.1, 0.15) is 0 Å². The van der Waals surface area contributed by atoms with E-state index in [1.54, 1.807) is 20.3 Å². The van der Waals surface area contributed by atoms with Crippen molar-refractivity contribution in [1.82, 2.24) is 5.32 Å². The third kappa shape index (κ3) is 6.62. The highest BCUT2D eigenvalue weighted by atomic mass is 32.2. The molecule has 0 aliphatic heterocycles. The molecule has 1 N–H and O–H groups in total. The molecule has 0 unspecified atom stereocenters. The molecule has 1 amide bonds. The zero-order valence-corrected chi connectivity index (χ0v) is 19.9. The molecule has 2 rings (SSSR count). The van der Waals surface area contributed by atoms with E-state index >= 15 is 0 Å². The summed E-state index contributed by atoms with van der Waals surface area (Å²) in [4.78, 5) is 12.5. The number of nitrogens with one attached hydrogen (secondary N) is 1. The maximum absolute atomic E-state index is 12.5. The van der Waals surface area contributed by atoms with Crippen molar-refractivity contribution in [2.75, 3.05) is 31.3 Å². The Bertz CT molecular complexity index is 1020. The summed E-state index contributed by atoms with van der Waals surface area (Å²) in [5.74, 6) is 1.08. The first-order valence-corrected chi connectivity index (χ1v) is 12.0. The first-order valence-electron chi connectivity index (χ1n) is 10.1. The molecule has 0 heterocycles. The smallest absolute Gasteiger partial charge is 0.232 e. The van der Waals surface area contributed by atoms with Gasteiger partial charge in [0.25, 0.3) is 0 Å². The normalized spacial score (nSPS) is 12.2. The molecule has 0 aromatic heterocycles. The fraction of sp³-hybridized carbons (Fsp3) is 0.435. The minimum atomic E-state index is -3.46. The number of amides is 1. The van der Waals surface area contributed by atoms with Gasteiger partial charge in [-0.2, -0.15) is 0 Å². The Balaban J connectivity index is 2.00. The van der Waals surface area contributed by atoms with E-state index < -0.39 is 10.0 Å². The molecular weight excluding hydrogens is 416 g/mol. The average molecular weight is 449 g/mol. The quantitative estimate of drug-likeness (QED) is 0.598. The molecule has 0 spiro atoms. The number of anilines is 1. The van der Waals surface area contributed by atoms with E-state index in [1.807, 2.05) is 51.1 Å². The van der Waals surface area contributed by atoms with Crippen LogP contribution in [0.15, 0.2) is 36.4 Å². The second-order valence-corrected chi connectivity index (χ2v) is 9.54. The first kappa shape index (κ1) is 24.5. The number of aryl methyl sites for hydroxylation is 2. The molecule has 8 heteroatoms. The molecule has 31 heavy (non-hydrogen) atoms. The zero-order chi connectivity index (χ0) is 23.2. The van der Waals surface area contributed by atoms with Crippen molar-refractivity contribution in [3.63, 3.8) is 0 Å². The predicted molar refractivity (Wildman–Crippen MR) is 123 cm³/mol. The summed E-state index contributed by atoms with van der Waals surface area (Å²) in [7, 11) is -0.326. The van der Waals surface area contributed by atoms with Crippen molar-refractivity contribution in [3.05, 3.63) is 53.1 Å². The number of hydrogen-bond donors (Lipinski definition) is 1. The molecule has 2 aromatic rings. The van der Waals surface area contributed by atoms with Crippen LogP contribution < -0.4 is 19.1 Å². The molecule has 170 valence electrons. The highest BCUT2D eigenvalue weighted by Gasteiger charge is 2.20. The van der Waals surface area contributed by atoms with Crippen molar-refractivity contribution in [2.24, 2.45) is 0 Å². The number of methoxy groups -OCH3 is 2. The minimum absolute atomic E-state index is 0.142. The Labute approximate surface area is 185 Å². The topological polar surface area (TPSA) is 84.9 Å². The molecule has 0 fully saturated rings. The number of nitrogens with zero attached hydrogens (tertiary/aromatic N) is 1. The third-order valence-electron chi connectivity index (χ3n) is 5.08. The maximum Gasteiger partial charge on any atom is 0.232 e. The molecule has 2 aromatic carbocycles. The van der Waals surface area contributed by atoms with Crippen LogP contribution in [0.5, 0.6) is 11.5 Å². The lowest BCUT2D eigenvalue weighted by molar-refractivity contribution is -0.121. The minimum Gasteiger partial charge on any atom is -0.493 e. The second-order valence-electron chi connectivity index (χ2n) is 7.63. The van der Waals surface area contributed by atoms with Gasteiger partial charge < -0.3 is 14.8 Å². The number of benzene rings is 2. The third-order valence-corrected chi connectivity index (χ3v) is 6.26. The number of hydrogen-bond acceptors (Lipinski definition) is 5. The van der Waals surface area contributed by atoms with Crippen molar-refractivity contribution in [1.29, 1.82) is 0 Å². The van der Waals surface area contributed by atoms with Crippen LogP contribution in [-0.4, -0.2) is 41.3 Å². The number of carbonyl (C=O) groups excluding carboxylic acids is 1. The van der Waals surface area contributed by atoms with Gasteiger partial charge in [0.15, 0.2) is 11.5 Å². The van der Waals surface area contributed by atoms with Crippen molar-refractivity contribution in [2.45, 2.75) is 39.7 Å². The Morgan fingerprint density at radius 1 is 1.06 bits per heavy atom. The monoisotopic (exact) mass is 448 g/mol. The van der Waals surface area contributed by atoms with E-state index in [1.165, 1.54) is 10.6 Å². The van der Waals surface area contributed by atoms with Crippen LogP contribution in [0.3, 0.4) is 0 Å². The van der Waals surface area contributed by atoms with Crippen LogP contribution in [0.25, 0.3) is 0 Å². The predicted octanol–water partition coefficient (Wildman–Crippen LogP) is 3.74. The van der Waals surface area contributed by atoms with Gasteiger partial charge in [-0.15, -0.1) is 0 Å².